The molecule has 2 rings (SSSR count). The normalized spacial score (nSPS) is 16.1. The van der Waals surface area contributed by atoms with Gasteiger partial charge >= 0.3 is 6.09 Å². The fraction of sp³-hybridized carbons (Fsp3) is 0.524. The second-order valence-electron chi connectivity index (χ2n) is 7.80. The van der Waals surface area contributed by atoms with Crippen molar-refractivity contribution in [3.63, 3.8) is 0 Å². The van der Waals surface area contributed by atoms with Crippen LogP contribution < -0.4 is 0 Å². The lowest BCUT2D eigenvalue weighted by molar-refractivity contribution is 0.0197. The molecule has 4 heteroatoms. The number of hydrogen-bond acceptors (Lipinski definition) is 3. The Morgan fingerprint density at radius 1 is 1.24 bits per heavy atom. The molecule has 1 aromatic carbocycles. The summed E-state index contributed by atoms with van der Waals surface area (Å²) in [5, 5.41) is 9.04. The number of carbonyl (C=O) groups excluding carboxylic acids is 1. The number of benzene rings is 1. The number of hydrogen-bond donors (Lipinski definition) is 0. The molecule has 25 heavy (non-hydrogen) atoms. The average molecular weight is 340 g/mol. The smallest absolute Gasteiger partial charge is 0.410 e. The first-order valence-electron chi connectivity index (χ1n) is 8.87. The summed E-state index contributed by atoms with van der Waals surface area (Å²) in [6.07, 6.45) is 6.09. The van der Waals surface area contributed by atoms with Gasteiger partial charge in [0.2, 0.25) is 0 Å². The summed E-state index contributed by atoms with van der Waals surface area (Å²) in [5.41, 5.74) is 3.70. The van der Waals surface area contributed by atoms with Gasteiger partial charge < -0.3 is 9.64 Å². The molecular weight excluding hydrogens is 312 g/mol. The molecule has 0 unspecified atom stereocenters. The van der Waals surface area contributed by atoms with Crippen LogP contribution in [0.15, 0.2) is 18.2 Å². The molecule has 0 aliphatic carbocycles. The van der Waals surface area contributed by atoms with E-state index in [1.54, 1.807) is 4.90 Å². The highest BCUT2D eigenvalue weighted by Gasteiger charge is 2.25. The molecule has 1 fully saturated rings. The Bertz CT molecular complexity index is 677. The van der Waals surface area contributed by atoms with Crippen LogP contribution in [0.25, 0.3) is 6.08 Å². The third kappa shape index (κ3) is 5.35. The van der Waals surface area contributed by atoms with Gasteiger partial charge in [0.1, 0.15) is 5.60 Å². The third-order valence-corrected chi connectivity index (χ3v) is 4.45. The highest BCUT2D eigenvalue weighted by atomic mass is 16.6. The van der Waals surface area contributed by atoms with Crippen molar-refractivity contribution in [2.24, 2.45) is 5.92 Å². The first-order chi connectivity index (χ1) is 11.7. The van der Waals surface area contributed by atoms with Gasteiger partial charge in [0, 0.05) is 13.1 Å². The van der Waals surface area contributed by atoms with E-state index in [9.17, 15) is 4.79 Å². The monoisotopic (exact) mass is 340 g/mol. The van der Waals surface area contributed by atoms with Crippen LogP contribution in [0, 0.1) is 31.1 Å². The summed E-state index contributed by atoms with van der Waals surface area (Å²) in [6.45, 7) is 11.2. The maximum Gasteiger partial charge on any atom is 0.410 e. The molecular formula is C21H28N2O2. The largest absolute Gasteiger partial charge is 0.444 e. The predicted molar refractivity (Wildman–Crippen MR) is 100 cm³/mol. The van der Waals surface area contributed by atoms with Crippen molar-refractivity contribution in [2.75, 3.05) is 13.1 Å². The SMILES string of the molecule is Cc1cc(C#N)cc(C)c1C=CC1CCN(C(=O)OC(C)(C)C)CC1. The molecule has 1 aromatic rings. The van der Waals surface area contributed by atoms with Crippen LogP contribution in [0.5, 0.6) is 0 Å². The van der Waals surface area contributed by atoms with E-state index in [1.165, 1.54) is 5.56 Å². The van der Waals surface area contributed by atoms with Gasteiger partial charge in [-0.15, -0.1) is 0 Å². The Morgan fingerprint density at radius 2 is 1.80 bits per heavy atom. The van der Waals surface area contributed by atoms with Crippen LogP contribution >= 0.6 is 0 Å². The molecule has 1 amide bonds. The number of nitriles is 1. The first-order valence-corrected chi connectivity index (χ1v) is 8.87. The molecule has 0 radical (unpaired) electrons. The van der Waals surface area contributed by atoms with Gasteiger partial charge in [0.25, 0.3) is 0 Å². The standard InChI is InChI=1S/C21H28N2O2/c1-15-12-18(14-22)13-16(2)19(15)7-6-17-8-10-23(11-9-17)20(24)25-21(3,4)5/h6-7,12-13,17H,8-11H2,1-5H3. The quantitative estimate of drug-likeness (QED) is 0.774. The number of carbonyl (C=O) groups is 1. The second kappa shape index (κ2) is 7.74. The highest BCUT2D eigenvalue weighted by Crippen LogP contribution is 2.24. The van der Waals surface area contributed by atoms with Crippen molar-refractivity contribution in [3.8, 4) is 6.07 Å². The number of ether oxygens (including phenoxy) is 1. The van der Waals surface area contributed by atoms with Crippen LogP contribution in [0.3, 0.4) is 0 Å². The second-order valence-corrected chi connectivity index (χ2v) is 7.80. The molecule has 0 saturated carbocycles. The number of allylic oxidation sites excluding steroid dienone is 1. The maximum absolute atomic E-state index is 12.1. The zero-order valence-corrected chi connectivity index (χ0v) is 15.9. The van der Waals surface area contributed by atoms with E-state index in [2.05, 4.69) is 18.2 Å². The van der Waals surface area contributed by atoms with Crippen molar-refractivity contribution in [2.45, 2.75) is 53.1 Å². The van der Waals surface area contributed by atoms with E-state index in [-0.39, 0.29) is 6.09 Å². The van der Waals surface area contributed by atoms with Crippen LogP contribution in [0.4, 0.5) is 4.79 Å². The molecule has 134 valence electrons. The van der Waals surface area contributed by atoms with E-state index < -0.39 is 5.60 Å². The number of rotatable bonds is 2. The summed E-state index contributed by atoms with van der Waals surface area (Å²) in [4.78, 5) is 13.9. The third-order valence-electron chi connectivity index (χ3n) is 4.45. The summed E-state index contributed by atoms with van der Waals surface area (Å²) in [7, 11) is 0. The predicted octanol–water partition coefficient (Wildman–Crippen LogP) is 4.84. The van der Waals surface area contributed by atoms with Gasteiger partial charge in [-0.1, -0.05) is 12.2 Å². The lowest BCUT2D eigenvalue weighted by Crippen LogP contribution is -2.41. The fourth-order valence-electron chi connectivity index (χ4n) is 3.14. The number of aryl methyl sites for hydroxylation is 2. The molecule has 0 bridgehead atoms. The van der Waals surface area contributed by atoms with Gasteiger partial charge in [0.15, 0.2) is 0 Å². The van der Waals surface area contributed by atoms with E-state index in [0.29, 0.717) is 11.5 Å². The van der Waals surface area contributed by atoms with E-state index in [0.717, 1.165) is 37.1 Å². The minimum atomic E-state index is -0.446. The molecule has 1 aliphatic heterocycles. The summed E-state index contributed by atoms with van der Waals surface area (Å²) in [5.74, 6) is 0.466. The van der Waals surface area contributed by atoms with Gasteiger partial charge in [-0.3, -0.25) is 0 Å². The molecule has 1 heterocycles. The molecule has 0 N–H and O–H groups in total. The topological polar surface area (TPSA) is 53.3 Å². The van der Waals surface area contributed by atoms with Crippen LogP contribution in [0.1, 0.15) is 55.9 Å². The zero-order valence-electron chi connectivity index (χ0n) is 15.9. The van der Waals surface area contributed by atoms with Gasteiger partial charge in [-0.05, 0) is 82.2 Å². The Balaban J connectivity index is 1.95. The van der Waals surface area contributed by atoms with E-state index in [4.69, 9.17) is 10.00 Å². The van der Waals surface area contributed by atoms with Gasteiger partial charge in [0.05, 0.1) is 11.6 Å². The zero-order chi connectivity index (χ0) is 18.6. The lowest BCUT2D eigenvalue weighted by atomic mass is 9.93. The Hall–Kier alpha value is -2.28. The van der Waals surface area contributed by atoms with Crippen LogP contribution in [-0.4, -0.2) is 29.7 Å². The molecule has 4 nitrogen and oxygen atoms in total. The van der Waals surface area contributed by atoms with Crippen molar-refractivity contribution in [1.29, 1.82) is 5.26 Å². The maximum atomic E-state index is 12.1. The van der Waals surface area contributed by atoms with E-state index in [1.807, 2.05) is 46.8 Å². The first kappa shape index (κ1) is 19.1. The lowest BCUT2D eigenvalue weighted by Gasteiger charge is -2.32. The number of amides is 1. The highest BCUT2D eigenvalue weighted by molar-refractivity contribution is 5.68. The molecule has 1 aliphatic rings. The minimum Gasteiger partial charge on any atom is -0.444 e. The minimum absolute atomic E-state index is 0.214. The molecule has 0 atom stereocenters. The van der Waals surface area contributed by atoms with Gasteiger partial charge in [-0.25, -0.2) is 4.79 Å². The van der Waals surface area contributed by atoms with Gasteiger partial charge in [-0.2, -0.15) is 5.26 Å². The van der Waals surface area contributed by atoms with Crippen LogP contribution in [0.2, 0.25) is 0 Å². The number of piperidine rings is 1. The molecule has 0 aromatic heterocycles. The summed E-state index contributed by atoms with van der Waals surface area (Å²) >= 11 is 0. The Kier molecular flexibility index (Phi) is 5.89. The van der Waals surface area contributed by atoms with Crippen molar-refractivity contribution in [3.05, 3.63) is 40.5 Å². The fourth-order valence-corrected chi connectivity index (χ4v) is 3.14. The molecule has 1 saturated heterocycles. The van der Waals surface area contributed by atoms with Crippen molar-refractivity contribution in [1.82, 2.24) is 4.90 Å². The Labute approximate surface area is 151 Å². The Morgan fingerprint density at radius 3 is 2.28 bits per heavy atom. The average Bonchev–Trinajstić information content (AvgIpc) is 2.52. The molecule has 0 spiro atoms. The van der Waals surface area contributed by atoms with Crippen molar-refractivity contribution < 1.29 is 9.53 Å². The van der Waals surface area contributed by atoms with Crippen molar-refractivity contribution >= 4 is 12.2 Å². The van der Waals surface area contributed by atoms with Crippen LogP contribution in [-0.2, 0) is 4.74 Å². The number of likely N-dealkylation sites (tertiary alicyclic amines) is 1. The summed E-state index contributed by atoms with van der Waals surface area (Å²) in [6, 6.07) is 6.06. The number of nitrogens with zero attached hydrogens (tertiary/aromatic N) is 2. The van der Waals surface area contributed by atoms with E-state index >= 15 is 0 Å². The summed E-state index contributed by atoms with van der Waals surface area (Å²) < 4.78 is 5.44.